The molecule has 1 saturated heterocycles. The maximum absolute atomic E-state index is 11.1. The van der Waals surface area contributed by atoms with Crippen LogP contribution in [0, 0.1) is 5.92 Å². The van der Waals surface area contributed by atoms with Crippen LogP contribution in [0.2, 0.25) is 0 Å². The van der Waals surface area contributed by atoms with Crippen LogP contribution < -0.4 is 5.32 Å². The van der Waals surface area contributed by atoms with Crippen molar-refractivity contribution in [2.75, 3.05) is 0 Å². The number of nitrogens with one attached hydrogen (secondary N) is 1. The zero-order valence-electron chi connectivity index (χ0n) is 7.32. The van der Waals surface area contributed by atoms with Crippen molar-refractivity contribution >= 4 is 11.8 Å². The Morgan fingerprint density at radius 1 is 1.54 bits per heavy atom. The Labute approximate surface area is 76.3 Å². The first-order valence-electron chi connectivity index (χ1n) is 4.67. The van der Waals surface area contributed by atoms with Crippen LogP contribution in [0.1, 0.15) is 25.7 Å². The fourth-order valence-corrected chi connectivity index (χ4v) is 2.34. The smallest absolute Gasteiger partial charge is 0.320 e. The summed E-state index contributed by atoms with van der Waals surface area (Å²) in [4.78, 5) is 21.8. The molecule has 0 aromatic carbocycles. The van der Waals surface area contributed by atoms with Gasteiger partial charge < -0.3 is 10.4 Å². The first-order chi connectivity index (χ1) is 6.16. The minimum Gasteiger partial charge on any atom is -0.480 e. The molecule has 4 nitrogen and oxygen atoms in total. The number of rotatable bonds is 1. The third-order valence-corrected chi connectivity index (χ3v) is 3.06. The van der Waals surface area contributed by atoms with Gasteiger partial charge in [-0.1, -0.05) is 0 Å². The molecule has 2 rings (SSSR count). The SMILES string of the molecule is O=C1CCC2CC(C(=O)O)NC2C1. The molecule has 0 aromatic heterocycles. The second-order valence-corrected chi connectivity index (χ2v) is 3.94. The largest absolute Gasteiger partial charge is 0.480 e. The summed E-state index contributed by atoms with van der Waals surface area (Å²) in [6.45, 7) is 0. The van der Waals surface area contributed by atoms with Crippen molar-refractivity contribution in [2.45, 2.75) is 37.8 Å². The van der Waals surface area contributed by atoms with Crippen molar-refractivity contribution in [1.29, 1.82) is 0 Å². The van der Waals surface area contributed by atoms with E-state index >= 15 is 0 Å². The second-order valence-electron chi connectivity index (χ2n) is 3.94. The van der Waals surface area contributed by atoms with E-state index in [1.54, 1.807) is 0 Å². The summed E-state index contributed by atoms with van der Waals surface area (Å²) in [5.74, 6) is -0.125. The molecule has 0 aromatic rings. The molecule has 1 heterocycles. The normalized spacial score (nSPS) is 38.8. The first kappa shape index (κ1) is 8.69. The highest BCUT2D eigenvalue weighted by atomic mass is 16.4. The summed E-state index contributed by atoms with van der Waals surface area (Å²) < 4.78 is 0. The van der Waals surface area contributed by atoms with E-state index in [0.29, 0.717) is 25.2 Å². The van der Waals surface area contributed by atoms with Crippen LogP contribution >= 0.6 is 0 Å². The Hall–Kier alpha value is -0.900. The summed E-state index contributed by atoms with van der Waals surface area (Å²) in [7, 11) is 0. The lowest BCUT2D eigenvalue weighted by atomic mass is 9.84. The molecule has 4 heteroatoms. The molecule has 1 saturated carbocycles. The van der Waals surface area contributed by atoms with Gasteiger partial charge in [0.25, 0.3) is 0 Å². The third kappa shape index (κ3) is 1.58. The molecule has 3 unspecified atom stereocenters. The Bertz CT molecular complexity index is 251. The van der Waals surface area contributed by atoms with Crippen molar-refractivity contribution in [2.24, 2.45) is 5.92 Å². The van der Waals surface area contributed by atoms with Gasteiger partial charge in [-0.25, -0.2) is 0 Å². The molecule has 0 bridgehead atoms. The lowest BCUT2D eigenvalue weighted by Crippen LogP contribution is -2.38. The Kier molecular flexibility index (Phi) is 2.07. The van der Waals surface area contributed by atoms with Gasteiger partial charge in [-0.05, 0) is 18.8 Å². The maximum Gasteiger partial charge on any atom is 0.320 e. The summed E-state index contributed by atoms with van der Waals surface area (Å²) >= 11 is 0. The number of carbonyl (C=O) groups excluding carboxylic acids is 1. The predicted molar refractivity (Wildman–Crippen MR) is 45.3 cm³/mol. The average molecular weight is 183 g/mol. The van der Waals surface area contributed by atoms with Gasteiger partial charge in [0.05, 0.1) is 0 Å². The fraction of sp³-hybridized carbons (Fsp3) is 0.778. The monoisotopic (exact) mass is 183 g/mol. The number of carbonyl (C=O) groups is 2. The fourth-order valence-electron chi connectivity index (χ4n) is 2.34. The number of carboxylic acids is 1. The molecule has 1 aliphatic heterocycles. The van der Waals surface area contributed by atoms with Crippen LogP contribution in [-0.2, 0) is 9.59 Å². The van der Waals surface area contributed by atoms with Crippen molar-refractivity contribution in [3.63, 3.8) is 0 Å². The second kappa shape index (κ2) is 3.10. The lowest BCUT2D eigenvalue weighted by Gasteiger charge is -2.23. The van der Waals surface area contributed by atoms with Crippen molar-refractivity contribution < 1.29 is 14.7 Å². The number of Topliss-reactive ketones (excluding diaryl/α,β-unsaturated/α-hetero) is 1. The number of fused-ring (bicyclic) bond motifs is 1. The van der Waals surface area contributed by atoms with Gasteiger partial charge in [0.15, 0.2) is 0 Å². The molecular weight excluding hydrogens is 170 g/mol. The van der Waals surface area contributed by atoms with Gasteiger partial charge >= 0.3 is 5.97 Å². The predicted octanol–water partition coefficient (Wildman–Crippen LogP) is 0.171. The highest BCUT2D eigenvalue weighted by molar-refractivity contribution is 5.81. The van der Waals surface area contributed by atoms with E-state index in [1.807, 2.05) is 0 Å². The first-order valence-corrected chi connectivity index (χ1v) is 4.67. The van der Waals surface area contributed by atoms with Crippen molar-refractivity contribution in [1.82, 2.24) is 5.32 Å². The molecule has 3 atom stereocenters. The Morgan fingerprint density at radius 3 is 3.00 bits per heavy atom. The van der Waals surface area contributed by atoms with E-state index in [1.165, 1.54) is 0 Å². The number of aliphatic carboxylic acids is 1. The topological polar surface area (TPSA) is 66.4 Å². The molecule has 72 valence electrons. The highest BCUT2D eigenvalue weighted by Gasteiger charge is 2.40. The van der Waals surface area contributed by atoms with E-state index in [-0.39, 0.29) is 11.8 Å². The number of hydrogen-bond donors (Lipinski definition) is 2. The highest BCUT2D eigenvalue weighted by Crippen LogP contribution is 2.31. The van der Waals surface area contributed by atoms with Gasteiger partial charge in [-0.15, -0.1) is 0 Å². The Balaban J connectivity index is 2.02. The number of ketones is 1. The molecule has 1 aliphatic carbocycles. The van der Waals surface area contributed by atoms with Gasteiger partial charge in [-0.2, -0.15) is 0 Å². The average Bonchev–Trinajstić information content (AvgIpc) is 2.46. The summed E-state index contributed by atoms with van der Waals surface area (Å²) in [5, 5.41) is 11.8. The van der Waals surface area contributed by atoms with Gasteiger partial charge in [0, 0.05) is 18.9 Å². The van der Waals surface area contributed by atoms with Gasteiger partial charge in [0.1, 0.15) is 11.8 Å². The molecule has 0 amide bonds. The standard InChI is InChI=1S/C9H13NO3/c11-6-2-1-5-3-8(9(12)13)10-7(5)4-6/h5,7-8,10H,1-4H2,(H,12,13). The van der Waals surface area contributed by atoms with E-state index in [9.17, 15) is 9.59 Å². The van der Waals surface area contributed by atoms with Gasteiger partial charge in [0.2, 0.25) is 0 Å². The van der Waals surface area contributed by atoms with E-state index in [0.717, 1.165) is 6.42 Å². The van der Waals surface area contributed by atoms with Crippen LogP contribution in [0.15, 0.2) is 0 Å². The van der Waals surface area contributed by atoms with Crippen molar-refractivity contribution in [3.8, 4) is 0 Å². The van der Waals surface area contributed by atoms with Crippen molar-refractivity contribution in [3.05, 3.63) is 0 Å². The Morgan fingerprint density at radius 2 is 2.31 bits per heavy atom. The van der Waals surface area contributed by atoms with Crippen LogP contribution in [-0.4, -0.2) is 28.9 Å². The zero-order valence-corrected chi connectivity index (χ0v) is 7.32. The minimum absolute atomic E-state index is 0.127. The maximum atomic E-state index is 11.1. The molecule has 2 N–H and O–H groups in total. The molecule has 2 fully saturated rings. The quantitative estimate of drug-likeness (QED) is 0.608. The molecule has 0 spiro atoms. The van der Waals surface area contributed by atoms with Crippen LogP contribution in [0.5, 0.6) is 0 Å². The lowest BCUT2D eigenvalue weighted by molar-refractivity contribution is -0.139. The van der Waals surface area contributed by atoms with E-state index in [4.69, 9.17) is 5.11 Å². The van der Waals surface area contributed by atoms with Gasteiger partial charge in [-0.3, -0.25) is 9.59 Å². The zero-order chi connectivity index (χ0) is 9.42. The number of carboxylic acid groups (broad SMARTS) is 1. The minimum atomic E-state index is -0.790. The summed E-state index contributed by atoms with van der Waals surface area (Å²) in [6.07, 6.45) is 2.71. The molecule has 0 radical (unpaired) electrons. The third-order valence-electron chi connectivity index (χ3n) is 3.06. The molecular formula is C9H13NO3. The van der Waals surface area contributed by atoms with E-state index in [2.05, 4.69) is 5.32 Å². The summed E-state index contributed by atoms with van der Waals surface area (Å²) in [6, 6.07) is -0.303. The summed E-state index contributed by atoms with van der Waals surface area (Å²) in [5.41, 5.74) is 0. The molecule has 2 aliphatic rings. The van der Waals surface area contributed by atoms with E-state index < -0.39 is 12.0 Å². The molecule has 13 heavy (non-hydrogen) atoms. The van der Waals surface area contributed by atoms with Crippen LogP contribution in [0.25, 0.3) is 0 Å². The van der Waals surface area contributed by atoms with Crippen LogP contribution in [0.3, 0.4) is 0 Å². The number of hydrogen-bond acceptors (Lipinski definition) is 3. The van der Waals surface area contributed by atoms with Crippen LogP contribution in [0.4, 0.5) is 0 Å².